The van der Waals surface area contributed by atoms with Crippen molar-refractivity contribution >= 4 is 11.6 Å². The van der Waals surface area contributed by atoms with Crippen molar-refractivity contribution in [2.45, 2.75) is 30.5 Å². The lowest BCUT2D eigenvalue weighted by Crippen LogP contribution is -2.41. The van der Waals surface area contributed by atoms with Gasteiger partial charge in [0.25, 0.3) is 0 Å². The number of rotatable bonds is 5. The van der Waals surface area contributed by atoms with E-state index in [1.54, 1.807) is 7.11 Å². The number of carbonyl (C=O) groups is 1. The fourth-order valence-electron chi connectivity index (χ4n) is 5.34. The second-order valence-corrected chi connectivity index (χ2v) is 8.32. The Kier molecular flexibility index (Phi) is 4.87. The molecule has 0 bridgehead atoms. The SMILES string of the molecule is C=C[C@@H]1C[C@]2(C(=O)Nc3cc(OC)ccc32)[C@H](c2ccccc2)N1Cc1ccccc1. The van der Waals surface area contributed by atoms with Gasteiger partial charge < -0.3 is 10.1 Å². The maximum atomic E-state index is 13.7. The van der Waals surface area contributed by atoms with Crippen molar-refractivity contribution < 1.29 is 9.53 Å². The highest BCUT2D eigenvalue weighted by molar-refractivity contribution is 6.07. The van der Waals surface area contributed by atoms with Crippen LogP contribution in [0.15, 0.2) is 91.5 Å². The molecule has 1 spiro atoms. The van der Waals surface area contributed by atoms with Gasteiger partial charge in [-0.05, 0) is 29.2 Å². The number of amides is 1. The van der Waals surface area contributed by atoms with Crippen LogP contribution in [0.2, 0.25) is 0 Å². The molecule has 3 atom stereocenters. The van der Waals surface area contributed by atoms with E-state index in [1.807, 2.05) is 48.5 Å². The van der Waals surface area contributed by atoms with E-state index in [-0.39, 0.29) is 18.0 Å². The van der Waals surface area contributed by atoms with Crippen molar-refractivity contribution in [3.05, 3.63) is 108 Å². The van der Waals surface area contributed by atoms with Crippen LogP contribution in [0.25, 0.3) is 0 Å². The molecule has 1 amide bonds. The van der Waals surface area contributed by atoms with Gasteiger partial charge in [-0.2, -0.15) is 0 Å². The van der Waals surface area contributed by atoms with E-state index >= 15 is 0 Å². The van der Waals surface area contributed by atoms with Gasteiger partial charge in [0, 0.05) is 24.3 Å². The van der Waals surface area contributed by atoms with Crippen LogP contribution in [0, 0.1) is 0 Å². The molecule has 0 saturated carbocycles. The summed E-state index contributed by atoms with van der Waals surface area (Å²) in [7, 11) is 1.64. The molecule has 1 fully saturated rings. The van der Waals surface area contributed by atoms with Gasteiger partial charge in [0.1, 0.15) is 5.75 Å². The second-order valence-electron chi connectivity index (χ2n) is 8.32. The predicted molar refractivity (Wildman–Crippen MR) is 123 cm³/mol. The van der Waals surface area contributed by atoms with Crippen LogP contribution in [-0.4, -0.2) is 24.0 Å². The third-order valence-electron chi connectivity index (χ3n) is 6.71. The number of hydrogen-bond donors (Lipinski definition) is 1. The Morgan fingerprint density at radius 2 is 1.81 bits per heavy atom. The molecule has 4 nitrogen and oxygen atoms in total. The first-order valence-electron chi connectivity index (χ1n) is 10.6. The molecule has 0 unspecified atom stereocenters. The van der Waals surface area contributed by atoms with E-state index in [9.17, 15) is 4.79 Å². The molecule has 2 heterocycles. The zero-order valence-corrected chi connectivity index (χ0v) is 17.6. The van der Waals surface area contributed by atoms with E-state index in [0.717, 1.165) is 29.1 Å². The van der Waals surface area contributed by atoms with Crippen LogP contribution in [0.5, 0.6) is 5.75 Å². The topological polar surface area (TPSA) is 41.6 Å². The molecule has 1 saturated heterocycles. The summed E-state index contributed by atoms with van der Waals surface area (Å²) in [5.41, 5.74) is 3.56. The summed E-state index contributed by atoms with van der Waals surface area (Å²) in [6.07, 6.45) is 2.68. The molecular weight excluding hydrogens is 384 g/mol. The Hall–Kier alpha value is -3.37. The molecule has 0 radical (unpaired) electrons. The largest absolute Gasteiger partial charge is 0.497 e. The molecule has 0 aromatic heterocycles. The summed E-state index contributed by atoms with van der Waals surface area (Å²) in [6.45, 7) is 4.88. The standard InChI is InChI=1S/C27H26N2O2/c1-3-21-17-27(23-15-14-22(31-2)16-24(23)28-26(27)30)25(20-12-8-5-9-13-20)29(21)18-19-10-6-4-7-11-19/h3-16,21,25H,1,17-18H2,2H3,(H,28,30)/t21-,25+,27-/m1/s1. The van der Waals surface area contributed by atoms with E-state index in [0.29, 0.717) is 6.42 Å². The molecule has 3 aromatic carbocycles. The minimum Gasteiger partial charge on any atom is -0.497 e. The van der Waals surface area contributed by atoms with Crippen LogP contribution in [0.4, 0.5) is 5.69 Å². The van der Waals surface area contributed by atoms with Crippen molar-refractivity contribution in [2.24, 2.45) is 0 Å². The van der Waals surface area contributed by atoms with Crippen LogP contribution >= 0.6 is 0 Å². The van der Waals surface area contributed by atoms with Gasteiger partial charge in [-0.1, -0.05) is 72.8 Å². The van der Waals surface area contributed by atoms with Crippen molar-refractivity contribution in [3.8, 4) is 5.75 Å². The fourth-order valence-corrected chi connectivity index (χ4v) is 5.34. The van der Waals surface area contributed by atoms with Crippen molar-refractivity contribution in [1.82, 2.24) is 4.90 Å². The molecule has 1 N–H and O–H groups in total. The van der Waals surface area contributed by atoms with Gasteiger partial charge in [-0.3, -0.25) is 9.69 Å². The lowest BCUT2D eigenvalue weighted by molar-refractivity contribution is -0.121. The van der Waals surface area contributed by atoms with Gasteiger partial charge in [-0.15, -0.1) is 6.58 Å². The molecule has 2 aliphatic heterocycles. The van der Waals surface area contributed by atoms with Crippen LogP contribution < -0.4 is 10.1 Å². The smallest absolute Gasteiger partial charge is 0.237 e. The molecule has 2 aliphatic rings. The van der Waals surface area contributed by atoms with Gasteiger partial charge >= 0.3 is 0 Å². The highest BCUT2D eigenvalue weighted by Gasteiger charge is 2.60. The van der Waals surface area contributed by atoms with Gasteiger partial charge in [0.2, 0.25) is 5.91 Å². The third-order valence-corrected chi connectivity index (χ3v) is 6.71. The number of carbonyl (C=O) groups excluding carboxylic acids is 1. The zero-order chi connectivity index (χ0) is 21.4. The molecule has 4 heteroatoms. The molecule has 5 rings (SSSR count). The van der Waals surface area contributed by atoms with Crippen molar-refractivity contribution in [2.75, 3.05) is 12.4 Å². The van der Waals surface area contributed by atoms with Gasteiger partial charge in [0.15, 0.2) is 0 Å². The van der Waals surface area contributed by atoms with Crippen LogP contribution in [-0.2, 0) is 16.8 Å². The van der Waals surface area contributed by atoms with Gasteiger partial charge in [0.05, 0.1) is 18.6 Å². The molecule has 3 aromatic rings. The Morgan fingerprint density at radius 1 is 1.10 bits per heavy atom. The lowest BCUT2D eigenvalue weighted by atomic mass is 9.72. The van der Waals surface area contributed by atoms with E-state index in [1.165, 1.54) is 5.56 Å². The number of likely N-dealkylation sites (tertiary alicyclic amines) is 1. The maximum Gasteiger partial charge on any atom is 0.237 e. The van der Waals surface area contributed by atoms with Crippen LogP contribution in [0.3, 0.4) is 0 Å². The number of nitrogens with zero attached hydrogens (tertiary/aromatic N) is 1. The summed E-state index contributed by atoms with van der Waals surface area (Å²) in [5, 5.41) is 3.15. The van der Waals surface area contributed by atoms with Gasteiger partial charge in [-0.25, -0.2) is 0 Å². The molecule has 0 aliphatic carbocycles. The average Bonchev–Trinajstić information content (AvgIpc) is 3.29. The Labute approximate surface area is 183 Å². The number of methoxy groups -OCH3 is 1. The maximum absolute atomic E-state index is 13.7. The van der Waals surface area contributed by atoms with Crippen molar-refractivity contribution in [3.63, 3.8) is 0 Å². The van der Waals surface area contributed by atoms with Crippen molar-refractivity contribution in [1.29, 1.82) is 0 Å². The summed E-state index contributed by atoms with van der Waals surface area (Å²) in [4.78, 5) is 16.1. The minimum atomic E-state index is -0.684. The lowest BCUT2D eigenvalue weighted by Gasteiger charge is -2.35. The first-order chi connectivity index (χ1) is 15.2. The molecular formula is C27H26N2O2. The number of fused-ring (bicyclic) bond motifs is 2. The van der Waals surface area contributed by atoms with Crippen LogP contribution in [0.1, 0.15) is 29.2 Å². The highest BCUT2D eigenvalue weighted by atomic mass is 16.5. The zero-order valence-electron chi connectivity index (χ0n) is 17.6. The summed E-state index contributed by atoms with van der Waals surface area (Å²) < 4.78 is 5.40. The number of benzene rings is 3. The average molecular weight is 411 g/mol. The number of nitrogens with one attached hydrogen (secondary N) is 1. The first kappa shape index (κ1) is 19.6. The van der Waals surface area contributed by atoms with E-state index in [2.05, 4.69) is 53.2 Å². The second kappa shape index (κ2) is 7.71. The molecule has 31 heavy (non-hydrogen) atoms. The number of anilines is 1. The first-order valence-corrected chi connectivity index (χ1v) is 10.6. The Balaban J connectivity index is 1.68. The normalized spacial score (nSPS) is 24.7. The molecule has 156 valence electrons. The summed E-state index contributed by atoms with van der Waals surface area (Å²) in [6, 6.07) is 26.7. The predicted octanol–water partition coefficient (Wildman–Crippen LogP) is 5.09. The highest BCUT2D eigenvalue weighted by Crippen LogP contribution is 2.57. The quantitative estimate of drug-likeness (QED) is 0.596. The monoisotopic (exact) mass is 410 g/mol. The third kappa shape index (κ3) is 3.06. The Morgan fingerprint density at radius 3 is 2.48 bits per heavy atom. The van der Waals surface area contributed by atoms with E-state index in [4.69, 9.17) is 4.74 Å². The summed E-state index contributed by atoms with van der Waals surface area (Å²) >= 11 is 0. The minimum absolute atomic E-state index is 0.0482. The Bertz CT molecular complexity index is 1110. The number of ether oxygens (including phenoxy) is 1. The number of hydrogen-bond acceptors (Lipinski definition) is 3. The van der Waals surface area contributed by atoms with E-state index < -0.39 is 5.41 Å². The fraction of sp³-hybridized carbons (Fsp3) is 0.222. The summed E-state index contributed by atoms with van der Waals surface area (Å²) in [5.74, 6) is 0.791.